The summed E-state index contributed by atoms with van der Waals surface area (Å²) in [4.78, 5) is 13.6. The topological polar surface area (TPSA) is 75.6 Å². The Bertz CT molecular complexity index is 865. The molecule has 3 heterocycles. The molecule has 1 aliphatic carbocycles. The lowest BCUT2D eigenvalue weighted by molar-refractivity contribution is 0.102. The molecule has 0 bridgehead atoms. The highest BCUT2D eigenvalue weighted by Gasteiger charge is 2.23. The van der Waals surface area contributed by atoms with Crippen LogP contribution in [0.5, 0.6) is 0 Å². The number of halogens is 1. The predicted molar refractivity (Wildman–Crippen MR) is 89.2 cm³/mol. The van der Waals surface area contributed by atoms with Crippen molar-refractivity contribution in [1.29, 1.82) is 0 Å². The van der Waals surface area contributed by atoms with Crippen LogP contribution in [0.15, 0.2) is 24.4 Å². The van der Waals surface area contributed by atoms with E-state index >= 15 is 0 Å². The largest absolute Gasteiger partial charge is 0.305 e. The van der Waals surface area contributed by atoms with Gasteiger partial charge in [0.1, 0.15) is 5.82 Å². The summed E-state index contributed by atoms with van der Waals surface area (Å²) in [5, 5.41) is 14.3. The van der Waals surface area contributed by atoms with Gasteiger partial charge in [-0.3, -0.25) is 9.89 Å². The Balaban J connectivity index is 1.53. The van der Waals surface area contributed by atoms with Gasteiger partial charge in [-0.05, 0) is 31.4 Å². The fourth-order valence-electron chi connectivity index (χ4n) is 2.83. The van der Waals surface area contributed by atoms with Gasteiger partial charge in [-0.2, -0.15) is 10.2 Å². The van der Waals surface area contributed by atoms with Gasteiger partial charge >= 0.3 is 0 Å². The number of carbonyl (C=O) groups excluding carboxylic acids is 1. The van der Waals surface area contributed by atoms with Crippen LogP contribution in [0, 0.1) is 0 Å². The Morgan fingerprint density at radius 3 is 3.13 bits per heavy atom. The van der Waals surface area contributed by atoms with Crippen LogP contribution in [-0.4, -0.2) is 25.9 Å². The second-order valence-electron chi connectivity index (χ2n) is 5.42. The molecule has 0 spiro atoms. The van der Waals surface area contributed by atoms with Crippen molar-refractivity contribution in [3.05, 3.63) is 50.6 Å². The number of anilines is 1. The van der Waals surface area contributed by atoms with Gasteiger partial charge in [0.15, 0.2) is 5.69 Å². The van der Waals surface area contributed by atoms with E-state index in [4.69, 9.17) is 11.6 Å². The fourth-order valence-corrected chi connectivity index (χ4v) is 3.90. The van der Waals surface area contributed by atoms with Crippen LogP contribution in [0.3, 0.4) is 0 Å². The molecule has 0 atom stereocenters. The van der Waals surface area contributed by atoms with Crippen LogP contribution in [0.2, 0.25) is 4.34 Å². The Kier molecular flexibility index (Phi) is 3.66. The first-order chi connectivity index (χ1) is 11.2. The van der Waals surface area contributed by atoms with E-state index in [0.717, 1.165) is 39.7 Å². The molecule has 3 aromatic heterocycles. The van der Waals surface area contributed by atoms with Crippen molar-refractivity contribution in [3.8, 4) is 0 Å². The maximum absolute atomic E-state index is 12.5. The first-order valence-electron chi connectivity index (χ1n) is 7.34. The number of aromatic amines is 1. The van der Waals surface area contributed by atoms with Crippen molar-refractivity contribution in [2.45, 2.75) is 25.8 Å². The number of hydrogen-bond donors (Lipinski definition) is 2. The molecule has 0 fully saturated rings. The number of nitrogens with one attached hydrogen (secondary N) is 2. The third-order valence-electron chi connectivity index (χ3n) is 3.91. The highest BCUT2D eigenvalue weighted by Crippen LogP contribution is 2.25. The molecular weight excluding hydrogens is 334 g/mol. The number of hydrogen-bond acceptors (Lipinski definition) is 4. The zero-order chi connectivity index (χ0) is 15.8. The summed E-state index contributed by atoms with van der Waals surface area (Å²) in [5.74, 6) is 0.449. The van der Waals surface area contributed by atoms with Crippen molar-refractivity contribution in [1.82, 2.24) is 20.0 Å². The number of aromatic nitrogens is 4. The first-order valence-corrected chi connectivity index (χ1v) is 8.53. The van der Waals surface area contributed by atoms with E-state index in [0.29, 0.717) is 18.1 Å². The normalized spacial score (nSPS) is 13.3. The molecule has 0 aliphatic heterocycles. The van der Waals surface area contributed by atoms with Crippen LogP contribution >= 0.6 is 22.9 Å². The fraction of sp³-hybridized carbons (Fsp3) is 0.267. The SMILES string of the molecule is O=C(Nc1ccnn1Cc1ccc(Cl)s1)c1n[nH]c2c1CCC2. The van der Waals surface area contributed by atoms with Gasteiger partial charge < -0.3 is 5.32 Å². The Labute approximate surface area is 141 Å². The van der Waals surface area contributed by atoms with Gasteiger partial charge in [0.05, 0.1) is 17.1 Å². The maximum atomic E-state index is 12.5. The van der Waals surface area contributed by atoms with Gasteiger partial charge in [0.2, 0.25) is 0 Å². The number of H-pyrrole nitrogens is 1. The van der Waals surface area contributed by atoms with Crippen molar-refractivity contribution in [2.75, 3.05) is 5.32 Å². The summed E-state index contributed by atoms with van der Waals surface area (Å²) in [6.07, 6.45) is 4.61. The predicted octanol–water partition coefficient (Wildman–Crippen LogP) is 3.11. The van der Waals surface area contributed by atoms with Crippen molar-refractivity contribution in [2.24, 2.45) is 0 Å². The molecule has 6 nitrogen and oxygen atoms in total. The molecule has 8 heteroatoms. The number of nitrogens with zero attached hydrogens (tertiary/aromatic N) is 3. The van der Waals surface area contributed by atoms with E-state index in [2.05, 4.69) is 20.6 Å². The lowest BCUT2D eigenvalue weighted by Crippen LogP contribution is -2.17. The summed E-state index contributed by atoms with van der Waals surface area (Å²) in [6.45, 7) is 0.568. The van der Waals surface area contributed by atoms with Crippen LogP contribution in [0.25, 0.3) is 0 Å². The molecule has 0 unspecified atom stereocenters. The molecule has 2 N–H and O–H groups in total. The lowest BCUT2D eigenvalue weighted by Gasteiger charge is -2.07. The molecule has 0 saturated carbocycles. The summed E-state index contributed by atoms with van der Waals surface area (Å²) in [6, 6.07) is 5.59. The average molecular weight is 348 g/mol. The quantitative estimate of drug-likeness (QED) is 0.761. The molecule has 0 radical (unpaired) electrons. The van der Waals surface area contributed by atoms with Crippen molar-refractivity contribution >= 4 is 34.7 Å². The number of amides is 1. The van der Waals surface area contributed by atoms with E-state index < -0.39 is 0 Å². The number of aryl methyl sites for hydroxylation is 1. The number of rotatable bonds is 4. The molecule has 1 aliphatic rings. The van der Waals surface area contributed by atoms with E-state index in [1.54, 1.807) is 16.9 Å². The molecule has 0 saturated heterocycles. The zero-order valence-corrected chi connectivity index (χ0v) is 13.7. The smallest absolute Gasteiger partial charge is 0.277 e. The van der Waals surface area contributed by atoms with Crippen LogP contribution in [0.4, 0.5) is 5.82 Å². The van der Waals surface area contributed by atoms with Crippen LogP contribution in [-0.2, 0) is 19.4 Å². The molecule has 118 valence electrons. The molecular formula is C15H14ClN5OS. The van der Waals surface area contributed by atoms with Gasteiger partial charge in [0.25, 0.3) is 5.91 Å². The average Bonchev–Trinajstić information content (AvgIpc) is 3.25. The van der Waals surface area contributed by atoms with E-state index in [1.165, 1.54) is 11.3 Å². The number of carbonyl (C=O) groups is 1. The second-order valence-corrected chi connectivity index (χ2v) is 7.22. The summed E-state index contributed by atoms with van der Waals surface area (Å²) in [5.41, 5.74) is 2.61. The van der Waals surface area contributed by atoms with E-state index in [-0.39, 0.29) is 5.91 Å². The van der Waals surface area contributed by atoms with Gasteiger partial charge in [0, 0.05) is 22.2 Å². The molecule has 3 aromatic rings. The van der Waals surface area contributed by atoms with Crippen LogP contribution in [0.1, 0.15) is 33.0 Å². The van der Waals surface area contributed by atoms with E-state index in [9.17, 15) is 4.79 Å². The summed E-state index contributed by atoms with van der Waals surface area (Å²) in [7, 11) is 0. The maximum Gasteiger partial charge on any atom is 0.277 e. The Morgan fingerprint density at radius 2 is 2.30 bits per heavy atom. The Morgan fingerprint density at radius 1 is 1.39 bits per heavy atom. The molecule has 0 aromatic carbocycles. The minimum absolute atomic E-state index is 0.199. The second kappa shape index (κ2) is 5.82. The summed E-state index contributed by atoms with van der Waals surface area (Å²) < 4.78 is 2.48. The van der Waals surface area contributed by atoms with E-state index in [1.807, 2.05) is 12.1 Å². The van der Waals surface area contributed by atoms with Gasteiger partial charge in [-0.25, -0.2) is 4.68 Å². The standard InChI is InChI=1S/C15H14ClN5OS/c16-12-5-4-9(23-12)8-21-13(6-7-17-21)18-15(22)14-10-2-1-3-11(10)19-20-14/h4-7H,1-3,8H2,(H,18,22)(H,19,20). The molecule has 1 amide bonds. The van der Waals surface area contributed by atoms with Gasteiger partial charge in [-0.15, -0.1) is 11.3 Å². The summed E-state index contributed by atoms with van der Waals surface area (Å²) >= 11 is 7.46. The zero-order valence-electron chi connectivity index (χ0n) is 12.2. The highest BCUT2D eigenvalue weighted by atomic mass is 35.5. The Hall–Kier alpha value is -2.12. The third kappa shape index (κ3) is 2.77. The number of thiophene rings is 1. The molecule has 23 heavy (non-hydrogen) atoms. The van der Waals surface area contributed by atoms with Gasteiger partial charge in [-0.1, -0.05) is 11.6 Å². The van der Waals surface area contributed by atoms with Crippen molar-refractivity contribution in [3.63, 3.8) is 0 Å². The lowest BCUT2D eigenvalue weighted by atomic mass is 10.2. The highest BCUT2D eigenvalue weighted by molar-refractivity contribution is 7.16. The minimum atomic E-state index is -0.199. The first kappa shape index (κ1) is 14.5. The third-order valence-corrected chi connectivity index (χ3v) is 5.13. The molecule has 4 rings (SSSR count). The van der Waals surface area contributed by atoms with Crippen LogP contribution < -0.4 is 5.32 Å². The number of fused-ring (bicyclic) bond motifs is 1. The van der Waals surface area contributed by atoms with Crippen molar-refractivity contribution < 1.29 is 4.79 Å². The minimum Gasteiger partial charge on any atom is -0.305 e. The monoisotopic (exact) mass is 347 g/mol.